The summed E-state index contributed by atoms with van der Waals surface area (Å²) in [5.74, 6) is 2.64. The maximum absolute atomic E-state index is 13.5. The second-order valence-corrected chi connectivity index (χ2v) is 20.3. The Morgan fingerprint density at radius 3 is 1.67 bits per heavy atom. The zero-order valence-corrected chi connectivity index (χ0v) is 30.0. The number of esters is 3. The van der Waals surface area contributed by atoms with Crippen molar-refractivity contribution < 1.29 is 37.4 Å². The van der Waals surface area contributed by atoms with Crippen LogP contribution in [0.15, 0.2) is 24.3 Å². The van der Waals surface area contributed by atoms with Crippen LogP contribution in [0.1, 0.15) is 64.7 Å². The molecule has 46 heavy (non-hydrogen) atoms. The molecule has 0 N–H and O–H groups in total. The van der Waals surface area contributed by atoms with E-state index in [9.17, 15) is 14.4 Å². The summed E-state index contributed by atoms with van der Waals surface area (Å²) < 4.78 is 29.3. The molecule has 8 nitrogen and oxygen atoms in total. The molecule has 0 aromatic heterocycles. The van der Waals surface area contributed by atoms with Crippen LogP contribution in [0.3, 0.4) is 0 Å². The van der Waals surface area contributed by atoms with Crippen molar-refractivity contribution in [1.29, 1.82) is 0 Å². The third-order valence-electron chi connectivity index (χ3n) is 12.5. The molecule has 6 bridgehead atoms. The van der Waals surface area contributed by atoms with Gasteiger partial charge in [-0.3, -0.25) is 14.4 Å². The summed E-state index contributed by atoms with van der Waals surface area (Å²) >= 11 is 2.05. The molecule has 6 aliphatic rings. The molecule has 0 heterocycles. The van der Waals surface area contributed by atoms with Crippen LogP contribution < -0.4 is 0 Å². The first kappa shape index (κ1) is 34.2. The van der Waals surface area contributed by atoms with Gasteiger partial charge in [-0.15, -0.1) is 0 Å². The fourth-order valence-corrected chi connectivity index (χ4v) is 12.3. The van der Waals surface area contributed by atoms with Crippen LogP contribution in [-0.4, -0.2) is 71.5 Å². The van der Waals surface area contributed by atoms with Gasteiger partial charge in [0.1, 0.15) is 19.8 Å². The lowest BCUT2D eigenvalue weighted by Crippen LogP contribution is -2.41. The Balaban J connectivity index is 1.01. The van der Waals surface area contributed by atoms with E-state index in [0.29, 0.717) is 35.3 Å². The number of rotatable bonds is 17. The summed E-state index contributed by atoms with van der Waals surface area (Å²) in [5, 5.41) is 0.599. The van der Waals surface area contributed by atoms with Crippen LogP contribution in [0.5, 0.6) is 0 Å². The Bertz CT molecular complexity index is 1130. The van der Waals surface area contributed by atoms with Gasteiger partial charge in [-0.2, -0.15) is 11.8 Å². The molecule has 6 rings (SSSR count). The van der Waals surface area contributed by atoms with Gasteiger partial charge in [-0.1, -0.05) is 31.2 Å². The lowest BCUT2D eigenvalue weighted by molar-refractivity contribution is -0.168. The molecule has 0 radical (unpaired) electrons. The summed E-state index contributed by atoms with van der Waals surface area (Å²) in [6, 6.07) is 0.990. The van der Waals surface area contributed by atoms with Crippen molar-refractivity contribution in [3.63, 3.8) is 0 Å². The fourth-order valence-electron chi connectivity index (χ4n) is 9.16. The van der Waals surface area contributed by atoms with E-state index < -0.39 is 14.0 Å². The lowest BCUT2D eigenvalue weighted by Gasteiger charge is -2.33. The van der Waals surface area contributed by atoms with Crippen LogP contribution in [0.2, 0.25) is 12.6 Å². The molecule has 0 saturated heterocycles. The smallest absolute Gasteiger partial charge is 0.334 e. The number of thioether (sulfide) groups is 1. The van der Waals surface area contributed by atoms with Gasteiger partial charge in [-0.05, 0) is 112 Å². The molecule has 6 aliphatic carbocycles. The third-order valence-corrected chi connectivity index (χ3v) is 17.1. The van der Waals surface area contributed by atoms with E-state index in [1.54, 1.807) is 14.2 Å². The predicted molar refractivity (Wildman–Crippen MR) is 179 cm³/mol. The van der Waals surface area contributed by atoms with Gasteiger partial charge in [0.15, 0.2) is 0 Å². The highest BCUT2D eigenvalue weighted by molar-refractivity contribution is 7.99. The maximum Gasteiger partial charge on any atom is 0.334 e. The van der Waals surface area contributed by atoms with E-state index in [1.165, 1.54) is 0 Å². The maximum atomic E-state index is 13.5. The van der Waals surface area contributed by atoms with Crippen molar-refractivity contribution in [3.8, 4) is 0 Å². The molecule has 256 valence electrons. The van der Waals surface area contributed by atoms with Crippen LogP contribution in [0.25, 0.3) is 0 Å². The molecule has 4 saturated carbocycles. The highest BCUT2D eigenvalue weighted by atomic mass is 32.2. The average Bonchev–Trinajstić information content (AvgIpc) is 3.94. The predicted octanol–water partition coefficient (Wildman–Crippen LogP) is 6.34. The molecule has 0 amide bonds. The molecule has 0 aliphatic heterocycles. The molecular formula is C36H54O8SSi. The van der Waals surface area contributed by atoms with Crippen molar-refractivity contribution in [3.05, 3.63) is 24.3 Å². The second-order valence-electron chi connectivity index (χ2n) is 15.3. The lowest BCUT2D eigenvalue weighted by atomic mass is 9.86. The summed E-state index contributed by atoms with van der Waals surface area (Å²) in [4.78, 5) is 39.9. The number of hydrogen-bond acceptors (Lipinski definition) is 9. The number of hydrogen-bond donors (Lipinski definition) is 0. The summed E-state index contributed by atoms with van der Waals surface area (Å²) in [6.45, 7) is 4.37. The summed E-state index contributed by atoms with van der Waals surface area (Å²) in [6.07, 6.45) is 17.1. The minimum Gasteiger partial charge on any atom is -0.465 e. The normalized spacial score (nSPS) is 36.3. The number of fused-ring (bicyclic) bond motifs is 6. The summed E-state index contributed by atoms with van der Waals surface area (Å²) in [7, 11) is 1.47. The molecular weight excluding hydrogens is 621 g/mol. The SMILES string of the molecule is CCC(COC(=O)C1CC2C=CC1C2)(COC(=O)C1CC2C=CC1C2)COC(=O)C1CC2CC1CC2SCCC[Si](C)(OC)OC. The van der Waals surface area contributed by atoms with Gasteiger partial charge in [0, 0.05) is 19.5 Å². The second kappa shape index (κ2) is 14.5. The monoisotopic (exact) mass is 674 g/mol. The Labute approximate surface area is 280 Å². The van der Waals surface area contributed by atoms with E-state index in [4.69, 9.17) is 23.1 Å². The first-order chi connectivity index (χ1) is 22.1. The first-order valence-corrected chi connectivity index (χ1v) is 21.3. The van der Waals surface area contributed by atoms with Crippen LogP contribution in [0, 0.1) is 58.7 Å². The number of allylic oxidation sites excluding steroid dienone is 4. The molecule has 0 aromatic rings. The van der Waals surface area contributed by atoms with E-state index in [0.717, 1.165) is 63.2 Å². The number of carbonyl (C=O) groups is 3. The van der Waals surface area contributed by atoms with Crippen molar-refractivity contribution in [2.45, 2.75) is 82.6 Å². The number of carbonyl (C=O) groups excluding carboxylic acids is 3. The van der Waals surface area contributed by atoms with Crippen LogP contribution in [0.4, 0.5) is 0 Å². The highest BCUT2D eigenvalue weighted by Crippen LogP contribution is 2.53. The topological polar surface area (TPSA) is 97.4 Å². The first-order valence-electron chi connectivity index (χ1n) is 17.7. The van der Waals surface area contributed by atoms with Gasteiger partial charge < -0.3 is 23.1 Å². The van der Waals surface area contributed by atoms with Gasteiger partial charge in [0.05, 0.1) is 23.2 Å². The third kappa shape index (κ3) is 7.35. The van der Waals surface area contributed by atoms with Gasteiger partial charge in [0.2, 0.25) is 0 Å². The zero-order chi connectivity index (χ0) is 32.5. The average molecular weight is 675 g/mol. The van der Waals surface area contributed by atoms with Gasteiger partial charge in [-0.25, -0.2) is 0 Å². The van der Waals surface area contributed by atoms with Crippen molar-refractivity contribution in [2.75, 3.05) is 39.8 Å². The van der Waals surface area contributed by atoms with Gasteiger partial charge in [0.25, 0.3) is 0 Å². The summed E-state index contributed by atoms with van der Waals surface area (Å²) in [5.41, 5.74) is -0.764. The van der Waals surface area contributed by atoms with Crippen molar-refractivity contribution in [2.24, 2.45) is 58.7 Å². The Morgan fingerprint density at radius 1 is 0.717 bits per heavy atom. The molecule has 10 atom stereocenters. The van der Waals surface area contributed by atoms with E-state index in [2.05, 4.69) is 30.9 Å². The minimum absolute atomic E-state index is 0.0826. The largest absolute Gasteiger partial charge is 0.465 e. The minimum atomic E-state index is -2.03. The van der Waals surface area contributed by atoms with Gasteiger partial charge >= 0.3 is 26.5 Å². The molecule has 0 aromatic carbocycles. The zero-order valence-electron chi connectivity index (χ0n) is 28.2. The van der Waals surface area contributed by atoms with E-state index >= 15 is 0 Å². The van der Waals surface area contributed by atoms with Crippen molar-refractivity contribution >= 4 is 38.2 Å². The van der Waals surface area contributed by atoms with E-state index in [-0.39, 0.29) is 67.3 Å². The molecule has 10 unspecified atom stereocenters. The Hall–Kier alpha value is -1.62. The molecule has 4 fully saturated rings. The molecule has 0 spiro atoms. The Kier molecular flexibility index (Phi) is 10.8. The van der Waals surface area contributed by atoms with Crippen LogP contribution in [-0.2, 0) is 37.4 Å². The van der Waals surface area contributed by atoms with E-state index in [1.807, 2.05) is 18.7 Å². The number of ether oxygens (including phenoxy) is 3. The Morgan fingerprint density at radius 2 is 1.26 bits per heavy atom. The highest BCUT2D eigenvalue weighted by Gasteiger charge is 2.50. The fraction of sp³-hybridized carbons (Fsp3) is 0.806. The van der Waals surface area contributed by atoms with Crippen LogP contribution >= 0.6 is 11.8 Å². The standard InChI is InChI=1S/C36H54O8SSi/c1-5-36(20-42-33(37)29-15-23-7-9-25(29)13-23,21-43-34(38)30-16-24-8-10-26(30)14-24)22-44-35(39)31-18-28-17-27(31)19-32(28)45-11-6-12-46(4,40-2)41-3/h7-10,23-32H,5-6,11-22H2,1-4H3. The quantitative estimate of drug-likeness (QED) is 0.0576. The van der Waals surface area contributed by atoms with Crippen molar-refractivity contribution in [1.82, 2.24) is 0 Å². The molecule has 10 heteroatoms.